The third-order valence-corrected chi connectivity index (χ3v) is 3.50. The molecular formula is C14H11F3N2OS. The molecule has 0 heterocycles. The fourth-order valence-electron chi connectivity index (χ4n) is 1.75. The number of aliphatic hydroxyl groups is 1. The van der Waals surface area contributed by atoms with Gasteiger partial charge in [-0.1, -0.05) is 12.2 Å². The van der Waals surface area contributed by atoms with Gasteiger partial charge in [0.1, 0.15) is 28.2 Å². The van der Waals surface area contributed by atoms with Crippen LogP contribution < -0.4 is 5.32 Å². The Hall–Kier alpha value is -2.07. The average molecular weight is 312 g/mol. The molecule has 0 spiro atoms. The molecule has 0 bridgehead atoms. The van der Waals surface area contributed by atoms with Crippen molar-refractivity contribution >= 4 is 22.9 Å². The maximum atomic E-state index is 13.7. The van der Waals surface area contributed by atoms with Gasteiger partial charge in [0.15, 0.2) is 11.6 Å². The second-order valence-corrected chi connectivity index (χ2v) is 5.17. The van der Waals surface area contributed by atoms with Crippen molar-refractivity contribution in [2.75, 3.05) is 5.32 Å². The van der Waals surface area contributed by atoms with Gasteiger partial charge in [-0.3, -0.25) is 0 Å². The number of hydrogen-bond acceptors (Lipinski definition) is 3. The Morgan fingerprint density at radius 2 is 2.00 bits per heavy atom. The van der Waals surface area contributed by atoms with Gasteiger partial charge in [0.2, 0.25) is 0 Å². The largest absolute Gasteiger partial charge is 0.511 e. The van der Waals surface area contributed by atoms with E-state index < -0.39 is 28.7 Å². The highest BCUT2D eigenvalue weighted by Crippen LogP contribution is 2.36. The van der Waals surface area contributed by atoms with E-state index in [9.17, 15) is 18.3 Å². The van der Waals surface area contributed by atoms with Gasteiger partial charge < -0.3 is 10.4 Å². The Labute approximate surface area is 124 Å². The third kappa shape index (κ3) is 3.00. The molecule has 1 aliphatic carbocycles. The van der Waals surface area contributed by atoms with Gasteiger partial charge in [-0.2, -0.15) is 5.26 Å². The summed E-state index contributed by atoms with van der Waals surface area (Å²) in [6, 6.07) is 2.47. The van der Waals surface area contributed by atoms with E-state index in [4.69, 9.17) is 17.5 Å². The quantitative estimate of drug-likeness (QED) is 0.292. The van der Waals surface area contributed by atoms with Gasteiger partial charge in [0.25, 0.3) is 0 Å². The lowest BCUT2D eigenvalue weighted by Gasteiger charge is -2.11. The summed E-state index contributed by atoms with van der Waals surface area (Å²) < 4.78 is 40.6. The van der Waals surface area contributed by atoms with Crippen LogP contribution in [0, 0.1) is 41.6 Å². The predicted molar refractivity (Wildman–Crippen MR) is 75.3 cm³/mol. The van der Waals surface area contributed by atoms with Gasteiger partial charge in [-0.15, -0.1) is 0 Å². The molecule has 0 aliphatic heterocycles. The smallest absolute Gasteiger partial charge is 0.182 e. The molecule has 110 valence electrons. The van der Waals surface area contributed by atoms with Crippen molar-refractivity contribution in [1.29, 1.82) is 5.26 Å². The molecule has 0 aromatic heterocycles. The van der Waals surface area contributed by atoms with Crippen LogP contribution in [-0.2, 0) is 0 Å². The summed E-state index contributed by atoms with van der Waals surface area (Å²) in [6.45, 7) is 1.11. The number of nitrogens with zero attached hydrogens (tertiary/aromatic N) is 1. The van der Waals surface area contributed by atoms with Crippen molar-refractivity contribution in [2.24, 2.45) is 5.92 Å². The van der Waals surface area contributed by atoms with Crippen LogP contribution in [0.4, 0.5) is 18.9 Å². The van der Waals surface area contributed by atoms with Gasteiger partial charge >= 0.3 is 0 Å². The highest BCUT2D eigenvalue weighted by atomic mass is 32.1. The molecule has 1 saturated carbocycles. The first-order chi connectivity index (χ1) is 9.86. The van der Waals surface area contributed by atoms with Crippen LogP contribution in [0.3, 0.4) is 0 Å². The Kier molecular flexibility index (Phi) is 4.19. The molecule has 1 fully saturated rings. The van der Waals surface area contributed by atoms with E-state index in [1.54, 1.807) is 6.07 Å². The molecule has 1 aromatic carbocycles. The lowest BCUT2D eigenvalue weighted by molar-refractivity contribution is 0.377. The first kappa shape index (κ1) is 15.3. The molecule has 0 saturated heterocycles. The Morgan fingerprint density at radius 3 is 2.52 bits per heavy atom. The van der Waals surface area contributed by atoms with Crippen LogP contribution in [0.1, 0.15) is 18.4 Å². The van der Waals surface area contributed by atoms with Gasteiger partial charge in [-0.05, 0) is 19.8 Å². The molecule has 1 aliphatic rings. The third-order valence-electron chi connectivity index (χ3n) is 3.19. The number of anilines is 1. The Bertz CT molecular complexity index is 690. The predicted octanol–water partition coefficient (Wildman–Crippen LogP) is 3.90. The lowest BCUT2D eigenvalue weighted by Crippen LogP contribution is -2.16. The maximum Gasteiger partial charge on any atom is 0.182 e. The number of rotatable bonds is 3. The number of nitriles is 1. The molecule has 1 aromatic rings. The van der Waals surface area contributed by atoms with Crippen LogP contribution in [0.2, 0.25) is 0 Å². The second kappa shape index (κ2) is 5.74. The molecule has 0 atom stereocenters. The van der Waals surface area contributed by atoms with Crippen molar-refractivity contribution in [1.82, 2.24) is 0 Å². The molecule has 0 amide bonds. The van der Waals surface area contributed by atoms with Gasteiger partial charge in [-0.25, -0.2) is 13.2 Å². The number of allylic oxidation sites excluding steroid dienone is 1. The number of benzene rings is 1. The Balaban J connectivity index is 2.32. The molecule has 2 N–H and O–H groups in total. The molecule has 3 nitrogen and oxygen atoms in total. The number of hydrogen-bond donors (Lipinski definition) is 2. The topological polar surface area (TPSA) is 56.0 Å². The maximum absolute atomic E-state index is 13.7. The summed E-state index contributed by atoms with van der Waals surface area (Å²) in [7, 11) is 0. The summed E-state index contributed by atoms with van der Waals surface area (Å²) in [5, 5.41) is 21.1. The fourth-order valence-corrected chi connectivity index (χ4v) is 2.01. The van der Waals surface area contributed by atoms with E-state index in [1.165, 1.54) is 0 Å². The van der Waals surface area contributed by atoms with Crippen molar-refractivity contribution in [2.45, 2.75) is 19.8 Å². The van der Waals surface area contributed by atoms with E-state index >= 15 is 0 Å². The van der Waals surface area contributed by atoms with Crippen molar-refractivity contribution in [3.8, 4) is 6.07 Å². The highest BCUT2D eigenvalue weighted by molar-refractivity contribution is 7.81. The Morgan fingerprint density at radius 1 is 1.38 bits per heavy atom. The minimum atomic E-state index is -1.32. The van der Waals surface area contributed by atoms with Crippen LogP contribution in [0.5, 0.6) is 0 Å². The summed E-state index contributed by atoms with van der Waals surface area (Å²) in [4.78, 5) is -0.275. The highest BCUT2D eigenvalue weighted by Gasteiger charge is 2.30. The molecule has 0 unspecified atom stereocenters. The van der Waals surface area contributed by atoms with Gasteiger partial charge in [0.05, 0.1) is 5.69 Å². The first-order valence-corrected chi connectivity index (χ1v) is 6.56. The summed E-state index contributed by atoms with van der Waals surface area (Å²) in [5.41, 5.74) is -1.17. The fraction of sp³-hybridized carbons (Fsp3) is 0.286. The first-order valence-electron chi connectivity index (χ1n) is 6.15. The lowest BCUT2D eigenvalue weighted by atomic mass is 10.1. The summed E-state index contributed by atoms with van der Waals surface area (Å²) >= 11 is 4.90. The molecule has 2 rings (SSSR count). The molecule has 7 heteroatoms. The van der Waals surface area contributed by atoms with Crippen LogP contribution >= 0.6 is 12.2 Å². The van der Waals surface area contributed by atoms with Crippen LogP contribution in [0.25, 0.3) is 0 Å². The normalized spacial score (nSPS) is 15.2. The van der Waals surface area contributed by atoms with E-state index in [0.717, 1.165) is 25.8 Å². The van der Waals surface area contributed by atoms with Crippen LogP contribution in [-0.4, -0.2) is 10.1 Å². The number of nitrogens with one attached hydrogen (secondary N) is 1. The minimum absolute atomic E-state index is 0.129. The zero-order valence-corrected chi connectivity index (χ0v) is 11.8. The zero-order valence-electron chi connectivity index (χ0n) is 11.0. The monoisotopic (exact) mass is 312 g/mol. The number of aliphatic hydroxyl groups excluding tert-OH is 1. The second-order valence-electron chi connectivity index (χ2n) is 4.76. The van der Waals surface area contributed by atoms with Crippen LogP contribution in [0.15, 0.2) is 17.4 Å². The number of thiocarbonyl (C=S) groups is 1. The van der Waals surface area contributed by atoms with Crippen molar-refractivity contribution < 1.29 is 18.3 Å². The molecular weight excluding hydrogens is 301 g/mol. The van der Waals surface area contributed by atoms with E-state index in [1.807, 2.05) is 0 Å². The summed E-state index contributed by atoms with van der Waals surface area (Å²) in [6.07, 6.45) is 1.48. The van der Waals surface area contributed by atoms with E-state index in [0.29, 0.717) is 0 Å². The zero-order chi connectivity index (χ0) is 15.7. The van der Waals surface area contributed by atoms with E-state index in [2.05, 4.69) is 5.32 Å². The average Bonchev–Trinajstić information content (AvgIpc) is 3.27. The standard InChI is InChI=1S/C14H11F3N2OS/c1-6-9(15)4-10(12(17)11(6)16)19-14(21)8(5-18)13(20)7-2-3-7/h4,7,20H,2-3H2,1H3,(H,19,21). The minimum Gasteiger partial charge on any atom is -0.511 e. The molecule has 0 radical (unpaired) electrons. The van der Waals surface area contributed by atoms with Gasteiger partial charge in [0, 0.05) is 17.5 Å². The van der Waals surface area contributed by atoms with Crippen molar-refractivity contribution in [3.05, 3.63) is 40.4 Å². The van der Waals surface area contributed by atoms with Crippen molar-refractivity contribution in [3.63, 3.8) is 0 Å². The van der Waals surface area contributed by atoms with E-state index in [-0.39, 0.29) is 22.2 Å². The molecule has 21 heavy (non-hydrogen) atoms. The SMILES string of the molecule is Cc1c(F)cc(NC(=S)C(C#N)=C(O)C2CC2)c(F)c1F. The summed E-state index contributed by atoms with van der Waals surface area (Å²) in [5.74, 6) is -3.86. The number of halogens is 3.